The van der Waals surface area contributed by atoms with Crippen LogP contribution in [0.15, 0.2) is 54.6 Å². The predicted octanol–water partition coefficient (Wildman–Crippen LogP) is 3.88. The standard InChI is InChI=1S/C22H27FN2O/c1-24(16-19-9-5-10-20(23)15-19)22(26)17-25-14-6-11-21(25)13-12-18-7-3-2-4-8-18/h2-5,7-10,15,21H,6,11-14,16-17H2,1H3/t21-/m0/s1. The number of benzene rings is 2. The third-order valence-electron chi connectivity index (χ3n) is 5.18. The van der Waals surface area contributed by atoms with Crippen LogP contribution < -0.4 is 0 Å². The van der Waals surface area contributed by atoms with Gasteiger partial charge in [-0.1, -0.05) is 42.5 Å². The maximum Gasteiger partial charge on any atom is 0.236 e. The third-order valence-corrected chi connectivity index (χ3v) is 5.18. The minimum Gasteiger partial charge on any atom is -0.340 e. The Labute approximate surface area is 155 Å². The molecule has 0 unspecified atom stereocenters. The van der Waals surface area contributed by atoms with Gasteiger partial charge in [0.25, 0.3) is 0 Å². The summed E-state index contributed by atoms with van der Waals surface area (Å²) in [5.41, 5.74) is 2.18. The number of carbonyl (C=O) groups is 1. The van der Waals surface area contributed by atoms with Crippen molar-refractivity contribution in [2.45, 2.75) is 38.3 Å². The second kappa shape index (κ2) is 8.95. The zero-order chi connectivity index (χ0) is 18.4. The van der Waals surface area contributed by atoms with Crippen LogP contribution in [0.4, 0.5) is 4.39 Å². The van der Waals surface area contributed by atoms with Crippen LogP contribution in [0.5, 0.6) is 0 Å². The molecule has 1 aliphatic rings. The first kappa shape index (κ1) is 18.6. The molecule has 0 bridgehead atoms. The summed E-state index contributed by atoms with van der Waals surface area (Å²) in [6, 6.07) is 17.4. The second-order valence-corrected chi connectivity index (χ2v) is 7.17. The lowest BCUT2D eigenvalue weighted by Gasteiger charge is -2.26. The van der Waals surface area contributed by atoms with Crippen molar-refractivity contribution < 1.29 is 9.18 Å². The van der Waals surface area contributed by atoms with Crippen molar-refractivity contribution in [3.05, 3.63) is 71.5 Å². The minimum atomic E-state index is -0.260. The van der Waals surface area contributed by atoms with Gasteiger partial charge in [-0.05, 0) is 55.5 Å². The molecule has 1 atom stereocenters. The maximum atomic E-state index is 13.3. The summed E-state index contributed by atoms with van der Waals surface area (Å²) in [6.07, 6.45) is 4.45. The fourth-order valence-corrected chi connectivity index (χ4v) is 3.70. The van der Waals surface area contributed by atoms with E-state index in [1.165, 1.54) is 17.7 Å². The van der Waals surface area contributed by atoms with Gasteiger partial charge in [-0.25, -0.2) is 4.39 Å². The highest BCUT2D eigenvalue weighted by molar-refractivity contribution is 5.78. The molecule has 0 N–H and O–H groups in total. The molecule has 2 aromatic rings. The lowest BCUT2D eigenvalue weighted by atomic mass is 10.0. The molecule has 0 saturated carbocycles. The molecule has 1 amide bonds. The summed E-state index contributed by atoms with van der Waals surface area (Å²) in [5, 5.41) is 0. The van der Waals surface area contributed by atoms with Gasteiger partial charge in [0, 0.05) is 19.6 Å². The normalized spacial score (nSPS) is 17.4. The topological polar surface area (TPSA) is 23.6 Å². The van der Waals surface area contributed by atoms with Gasteiger partial charge in [0.05, 0.1) is 6.54 Å². The number of hydrogen-bond acceptors (Lipinski definition) is 2. The maximum absolute atomic E-state index is 13.3. The van der Waals surface area contributed by atoms with E-state index in [2.05, 4.69) is 29.2 Å². The van der Waals surface area contributed by atoms with Crippen LogP contribution in [0.1, 0.15) is 30.4 Å². The highest BCUT2D eigenvalue weighted by Crippen LogP contribution is 2.22. The van der Waals surface area contributed by atoms with Crippen molar-refractivity contribution >= 4 is 5.91 Å². The van der Waals surface area contributed by atoms with Gasteiger partial charge in [0.1, 0.15) is 5.82 Å². The molecule has 4 heteroatoms. The Morgan fingerprint density at radius 2 is 1.92 bits per heavy atom. The fourth-order valence-electron chi connectivity index (χ4n) is 3.70. The number of carbonyl (C=O) groups excluding carboxylic acids is 1. The summed E-state index contributed by atoms with van der Waals surface area (Å²) < 4.78 is 13.3. The van der Waals surface area contributed by atoms with Crippen LogP contribution in [0, 0.1) is 5.82 Å². The number of amides is 1. The number of nitrogens with zero attached hydrogens (tertiary/aromatic N) is 2. The first-order chi connectivity index (χ1) is 12.6. The summed E-state index contributed by atoms with van der Waals surface area (Å²) in [7, 11) is 1.79. The van der Waals surface area contributed by atoms with Crippen LogP contribution in [0.25, 0.3) is 0 Å². The SMILES string of the molecule is CN(Cc1cccc(F)c1)C(=O)CN1CCC[C@H]1CCc1ccccc1. The van der Waals surface area contributed by atoms with Crippen molar-refractivity contribution in [2.75, 3.05) is 20.1 Å². The molecule has 0 aliphatic carbocycles. The largest absolute Gasteiger partial charge is 0.340 e. The minimum absolute atomic E-state index is 0.0980. The van der Waals surface area contributed by atoms with E-state index in [4.69, 9.17) is 0 Å². The third kappa shape index (κ3) is 5.15. The van der Waals surface area contributed by atoms with Gasteiger partial charge in [0.15, 0.2) is 0 Å². The fraction of sp³-hybridized carbons (Fsp3) is 0.409. The number of likely N-dealkylation sites (tertiary alicyclic amines) is 1. The molecular formula is C22H27FN2O. The molecule has 0 spiro atoms. The van der Waals surface area contributed by atoms with E-state index in [1.807, 2.05) is 12.1 Å². The molecule has 3 nitrogen and oxygen atoms in total. The van der Waals surface area contributed by atoms with Crippen molar-refractivity contribution in [3.63, 3.8) is 0 Å². The number of hydrogen-bond donors (Lipinski definition) is 0. The van der Waals surface area contributed by atoms with Crippen molar-refractivity contribution in [1.82, 2.24) is 9.80 Å². The molecule has 1 heterocycles. The summed E-state index contributed by atoms with van der Waals surface area (Å²) in [4.78, 5) is 16.6. The Kier molecular flexibility index (Phi) is 6.40. The molecule has 1 aliphatic heterocycles. The van der Waals surface area contributed by atoms with E-state index in [0.29, 0.717) is 19.1 Å². The molecule has 138 valence electrons. The summed E-state index contributed by atoms with van der Waals surface area (Å²) in [5.74, 6) is -0.162. The molecule has 3 rings (SSSR count). The Balaban J connectivity index is 1.50. The number of rotatable bonds is 7. The van der Waals surface area contributed by atoms with Crippen LogP contribution in [-0.4, -0.2) is 41.9 Å². The summed E-state index contributed by atoms with van der Waals surface area (Å²) in [6.45, 7) is 1.88. The zero-order valence-corrected chi connectivity index (χ0v) is 15.4. The van der Waals surface area contributed by atoms with Crippen LogP contribution >= 0.6 is 0 Å². The van der Waals surface area contributed by atoms with Gasteiger partial charge < -0.3 is 4.90 Å². The monoisotopic (exact) mass is 354 g/mol. The highest BCUT2D eigenvalue weighted by atomic mass is 19.1. The van der Waals surface area contributed by atoms with Crippen LogP contribution in [-0.2, 0) is 17.8 Å². The van der Waals surface area contributed by atoms with Gasteiger partial charge in [-0.3, -0.25) is 9.69 Å². The average Bonchev–Trinajstić information content (AvgIpc) is 3.08. The first-order valence-corrected chi connectivity index (χ1v) is 9.38. The predicted molar refractivity (Wildman–Crippen MR) is 102 cm³/mol. The molecule has 26 heavy (non-hydrogen) atoms. The average molecular weight is 354 g/mol. The molecular weight excluding hydrogens is 327 g/mol. The zero-order valence-electron chi connectivity index (χ0n) is 15.4. The smallest absolute Gasteiger partial charge is 0.236 e. The van der Waals surface area contributed by atoms with Crippen molar-refractivity contribution in [2.24, 2.45) is 0 Å². The van der Waals surface area contributed by atoms with Gasteiger partial charge in [-0.2, -0.15) is 0 Å². The summed E-state index contributed by atoms with van der Waals surface area (Å²) >= 11 is 0. The molecule has 1 fully saturated rings. The first-order valence-electron chi connectivity index (χ1n) is 9.38. The van der Waals surface area contributed by atoms with Crippen LogP contribution in [0.3, 0.4) is 0 Å². The number of halogens is 1. The van der Waals surface area contributed by atoms with Crippen molar-refractivity contribution in [3.8, 4) is 0 Å². The van der Waals surface area contributed by atoms with E-state index < -0.39 is 0 Å². The van der Waals surface area contributed by atoms with E-state index >= 15 is 0 Å². The second-order valence-electron chi connectivity index (χ2n) is 7.17. The molecule has 0 aromatic heterocycles. The lowest BCUT2D eigenvalue weighted by Crippen LogP contribution is -2.40. The van der Waals surface area contributed by atoms with E-state index in [1.54, 1.807) is 18.0 Å². The van der Waals surface area contributed by atoms with Gasteiger partial charge in [-0.15, -0.1) is 0 Å². The van der Waals surface area contributed by atoms with Crippen LogP contribution in [0.2, 0.25) is 0 Å². The van der Waals surface area contributed by atoms with E-state index in [0.717, 1.165) is 37.8 Å². The number of likely N-dealkylation sites (N-methyl/N-ethyl adjacent to an activating group) is 1. The van der Waals surface area contributed by atoms with E-state index in [9.17, 15) is 9.18 Å². The van der Waals surface area contributed by atoms with Gasteiger partial charge >= 0.3 is 0 Å². The van der Waals surface area contributed by atoms with Crippen molar-refractivity contribution in [1.29, 1.82) is 0 Å². The quantitative estimate of drug-likeness (QED) is 0.753. The Morgan fingerprint density at radius 3 is 2.69 bits per heavy atom. The highest BCUT2D eigenvalue weighted by Gasteiger charge is 2.26. The van der Waals surface area contributed by atoms with E-state index in [-0.39, 0.29) is 11.7 Å². The Hall–Kier alpha value is -2.20. The lowest BCUT2D eigenvalue weighted by molar-refractivity contribution is -0.131. The molecule has 0 radical (unpaired) electrons. The number of aryl methyl sites for hydroxylation is 1. The Bertz CT molecular complexity index is 719. The van der Waals surface area contributed by atoms with Gasteiger partial charge in [0.2, 0.25) is 5.91 Å². The molecule has 2 aromatic carbocycles. The Morgan fingerprint density at radius 1 is 1.15 bits per heavy atom. The molecule has 1 saturated heterocycles.